The van der Waals surface area contributed by atoms with Gasteiger partial charge in [0.05, 0.1) is 26.4 Å². The predicted octanol–water partition coefficient (Wildman–Crippen LogP) is 1.92. The van der Waals surface area contributed by atoms with Crippen molar-refractivity contribution in [3.8, 4) is 0 Å². The molecule has 1 atom stereocenters. The summed E-state index contributed by atoms with van der Waals surface area (Å²) in [5.74, 6) is -0.376. The standard InChI is InChI=1S/C16H20O4/c1-2-16(17)19-10-8-14-5-3-13(4-6-14)7-9-18-11-15-12-20-15/h2-6,15H,1,7-12H2. The molecule has 108 valence electrons. The van der Waals surface area contributed by atoms with Crippen molar-refractivity contribution in [2.45, 2.75) is 18.9 Å². The Morgan fingerprint density at radius 1 is 1.25 bits per heavy atom. The number of ether oxygens (including phenoxy) is 3. The predicted molar refractivity (Wildman–Crippen MR) is 75.6 cm³/mol. The van der Waals surface area contributed by atoms with Crippen molar-refractivity contribution in [2.75, 3.05) is 26.4 Å². The minimum absolute atomic E-state index is 0.329. The van der Waals surface area contributed by atoms with E-state index in [1.54, 1.807) is 0 Å². The van der Waals surface area contributed by atoms with E-state index in [4.69, 9.17) is 14.2 Å². The molecule has 1 unspecified atom stereocenters. The van der Waals surface area contributed by atoms with Crippen LogP contribution in [0.1, 0.15) is 11.1 Å². The average molecular weight is 276 g/mol. The van der Waals surface area contributed by atoms with Crippen molar-refractivity contribution < 1.29 is 19.0 Å². The smallest absolute Gasteiger partial charge is 0.330 e. The van der Waals surface area contributed by atoms with E-state index < -0.39 is 0 Å². The van der Waals surface area contributed by atoms with E-state index in [1.807, 2.05) is 0 Å². The zero-order valence-electron chi connectivity index (χ0n) is 11.5. The molecule has 0 bridgehead atoms. The Morgan fingerprint density at radius 2 is 1.85 bits per heavy atom. The van der Waals surface area contributed by atoms with Gasteiger partial charge in [0.15, 0.2) is 0 Å². The van der Waals surface area contributed by atoms with E-state index in [0.717, 1.165) is 31.6 Å². The monoisotopic (exact) mass is 276 g/mol. The number of epoxide rings is 1. The Bertz CT molecular complexity index is 434. The summed E-state index contributed by atoms with van der Waals surface area (Å²) in [6.07, 6.45) is 3.12. The highest BCUT2D eigenvalue weighted by molar-refractivity contribution is 5.81. The first kappa shape index (κ1) is 14.8. The maximum Gasteiger partial charge on any atom is 0.330 e. The van der Waals surface area contributed by atoms with Gasteiger partial charge in [0.2, 0.25) is 0 Å². The molecular weight excluding hydrogens is 256 g/mol. The number of carbonyl (C=O) groups excluding carboxylic acids is 1. The molecule has 0 radical (unpaired) electrons. The van der Waals surface area contributed by atoms with E-state index in [-0.39, 0.29) is 5.97 Å². The summed E-state index contributed by atoms with van der Waals surface area (Å²) in [6, 6.07) is 8.28. The van der Waals surface area contributed by atoms with Crippen LogP contribution in [0.25, 0.3) is 0 Å². The van der Waals surface area contributed by atoms with E-state index in [1.165, 1.54) is 11.6 Å². The van der Waals surface area contributed by atoms with Gasteiger partial charge in [0.1, 0.15) is 6.10 Å². The van der Waals surface area contributed by atoms with Gasteiger partial charge in [-0.05, 0) is 17.5 Å². The fraction of sp³-hybridized carbons (Fsp3) is 0.438. The molecule has 0 spiro atoms. The molecule has 1 aliphatic heterocycles. The maximum atomic E-state index is 10.9. The van der Waals surface area contributed by atoms with Crippen LogP contribution in [0.5, 0.6) is 0 Å². The second kappa shape index (κ2) is 7.82. The second-order valence-electron chi connectivity index (χ2n) is 4.72. The molecule has 2 rings (SSSR count). The van der Waals surface area contributed by atoms with Crippen LogP contribution >= 0.6 is 0 Å². The van der Waals surface area contributed by atoms with Gasteiger partial charge in [-0.25, -0.2) is 4.79 Å². The van der Waals surface area contributed by atoms with Gasteiger partial charge in [-0.2, -0.15) is 0 Å². The molecule has 0 aliphatic carbocycles. The van der Waals surface area contributed by atoms with Gasteiger partial charge in [0, 0.05) is 12.5 Å². The first-order valence-corrected chi connectivity index (χ1v) is 6.84. The topological polar surface area (TPSA) is 48.1 Å². The summed E-state index contributed by atoms with van der Waals surface area (Å²) in [7, 11) is 0. The van der Waals surface area contributed by atoms with Crippen LogP contribution in [0.3, 0.4) is 0 Å². The second-order valence-corrected chi connectivity index (χ2v) is 4.72. The van der Waals surface area contributed by atoms with Crippen molar-refractivity contribution >= 4 is 5.97 Å². The van der Waals surface area contributed by atoms with Crippen LogP contribution in [-0.4, -0.2) is 38.5 Å². The molecule has 20 heavy (non-hydrogen) atoms. The van der Waals surface area contributed by atoms with Gasteiger partial charge in [-0.15, -0.1) is 0 Å². The number of hydrogen-bond acceptors (Lipinski definition) is 4. The largest absolute Gasteiger partial charge is 0.462 e. The molecule has 0 amide bonds. The fourth-order valence-electron chi connectivity index (χ4n) is 1.77. The zero-order chi connectivity index (χ0) is 14.2. The summed E-state index contributed by atoms with van der Waals surface area (Å²) < 4.78 is 15.5. The van der Waals surface area contributed by atoms with Crippen molar-refractivity contribution in [1.29, 1.82) is 0 Å². The maximum absolute atomic E-state index is 10.9. The Morgan fingerprint density at radius 3 is 2.40 bits per heavy atom. The first-order valence-electron chi connectivity index (χ1n) is 6.84. The molecule has 1 aliphatic rings. The molecule has 0 N–H and O–H groups in total. The highest BCUT2D eigenvalue weighted by atomic mass is 16.6. The highest BCUT2D eigenvalue weighted by Crippen LogP contribution is 2.10. The molecule has 0 saturated carbocycles. The van der Waals surface area contributed by atoms with Gasteiger partial charge in [-0.3, -0.25) is 0 Å². The number of benzene rings is 1. The van der Waals surface area contributed by atoms with Crippen molar-refractivity contribution in [3.63, 3.8) is 0 Å². The Balaban J connectivity index is 1.63. The lowest BCUT2D eigenvalue weighted by Crippen LogP contribution is -2.05. The van der Waals surface area contributed by atoms with Crippen LogP contribution in [-0.2, 0) is 31.8 Å². The van der Waals surface area contributed by atoms with E-state index in [2.05, 4.69) is 30.8 Å². The van der Waals surface area contributed by atoms with Gasteiger partial charge >= 0.3 is 5.97 Å². The molecule has 1 heterocycles. The third-order valence-corrected chi connectivity index (χ3v) is 3.07. The highest BCUT2D eigenvalue weighted by Gasteiger charge is 2.21. The summed E-state index contributed by atoms with van der Waals surface area (Å²) in [5, 5.41) is 0. The summed E-state index contributed by atoms with van der Waals surface area (Å²) in [6.45, 7) is 6.00. The lowest BCUT2D eigenvalue weighted by Gasteiger charge is -2.05. The Kier molecular flexibility index (Phi) is 5.77. The number of hydrogen-bond donors (Lipinski definition) is 0. The molecule has 1 saturated heterocycles. The van der Waals surface area contributed by atoms with Crippen LogP contribution in [0.15, 0.2) is 36.9 Å². The van der Waals surface area contributed by atoms with Crippen LogP contribution in [0, 0.1) is 0 Å². The molecular formula is C16H20O4. The number of carbonyl (C=O) groups is 1. The average Bonchev–Trinajstić information content (AvgIpc) is 3.29. The number of esters is 1. The third-order valence-electron chi connectivity index (χ3n) is 3.07. The van der Waals surface area contributed by atoms with E-state index in [0.29, 0.717) is 19.3 Å². The molecule has 1 fully saturated rings. The molecule has 1 aromatic carbocycles. The Hall–Kier alpha value is -1.65. The molecule has 4 heteroatoms. The van der Waals surface area contributed by atoms with Crippen LogP contribution in [0.2, 0.25) is 0 Å². The van der Waals surface area contributed by atoms with Gasteiger partial charge < -0.3 is 14.2 Å². The van der Waals surface area contributed by atoms with Crippen molar-refractivity contribution in [2.24, 2.45) is 0 Å². The number of rotatable bonds is 9. The van der Waals surface area contributed by atoms with E-state index in [9.17, 15) is 4.79 Å². The normalized spacial score (nSPS) is 16.7. The molecule has 4 nitrogen and oxygen atoms in total. The fourth-order valence-corrected chi connectivity index (χ4v) is 1.77. The summed E-state index contributed by atoms with van der Waals surface area (Å²) in [5.41, 5.74) is 2.39. The lowest BCUT2D eigenvalue weighted by atomic mass is 10.1. The van der Waals surface area contributed by atoms with Crippen molar-refractivity contribution in [3.05, 3.63) is 48.0 Å². The van der Waals surface area contributed by atoms with Crippen molar-refractivity contribution in [1.82, 2.24) is 0 Å². The first-order chi connectivity index (χ1) is 9.78. The summed E-state index contributed by atoms with van der Waals surface area (Å²) >= 11 is 0. The van der Waals surface area contributed by atoms with Gasteiger partial charge in [0.25, 0.3) is 0 Å². The third kappa shape index (κ3) is 5.55. The molecule has 0 aromatic heterocycles. The lowest BCUT2D eigenvalue weighted by molar-refractivity contribution is -0.137. The SMILES string of the molecule is C=CC(=O)OCCc1ccc(CCOCC2CO2)cc1. The van der Waals surface area contributed by atoms with E-state index >= 15 is 0 Å². The minimum Gasteiger partial charge on any atom is -0.462 e. The van der Waals surface area contributed by atoms with Crippen LogP contribution < -0.4 is 0 Å². The minimum atomic E-state index is -0.376. The molecule has 1 aromatic rings. The zero-order valence-corrected chi connectivity index (χ0v) is 11.5. The van der Waals surface area contributed by atoms with Crippen LogP contribution in [0.4, 0.5) is 0 Å². The van der Waals surface area contributed by atoms with Gasteiger partial charge in [-0.1, -0.05) is 30.8 Å². The Labute approximate surface area is 119 Å². The summed E-state index contributed by atoms with van der Waals surface area (Å²) in [4.78, 5) is 10.9. The quantitative estimate of drug-likeness (QED) is 0.299.